The van der Waals surface area contributed by atoms with E-state index in [0.29, 0.717) is 34.3 Å². The van der Waals surface area contributed by atoms with Crippen molar-refractivity contribution in [1.29, 1.82) is 0 Å². The van der Waals surface area contributed by atoms with Gasteiger partial charge in [-0.3, -0.25) is 4.79 Å². The van der Waals surface area contributed by atoms with Gasteiger partial charge in [0, 0.05) is 16.9 Å². The Morgan fingerprint density at radius 3 is 2.40 bits per heavy atom. The van der Waals surface area contributed by atoms with Gasteiger partial charge >= 0.3 is 0 Å². The fourth-order valence-electron chi connectivity index (χ4n) is 4.51. The average molecular weight is 582 g/mol. The Kier molecular flexibility index (Phi) is 8.99. The first-order valence-electron chi connectivity index (χ1n) is 13.4. The lowest BCUT2D eigenvalue weighted by Crippen LogP contribution is -2.17. The largest absolute Gasteiger partial charge is 0.490 e. The molecule has 0 atom stereocenters. The molecule has 1 heterocycles. The summed E-state index contributed by atoms with van der Waals surface area (Å²) >= 11 is 6.50. The molecule has 5 rings (SSSR count). The Morgan fingerprint density at radius 2 is 1.69 bits per heavy atom. The zero-order valence-electron chi connectivity index (χ0n) is 23.2. The fourth-order valence-corrected chi connectivity index (χ4v) is 4.78. The van der Waals surface area contributed by atoms with E-state index in [1.165, 1.54) is 18.3 Å². The number of amides is 1. The van der Waals surface area contributed by atoms with Crippen LogP contribution in [0.2, 0.25) is 5.02 Å². The van der Waals surface area contributed by atoms with Gasteiger partial charge < -0.3 is 14.0 Å². The third-order valence-electron chi connectivity index (χ3n) is 6.54. The molecular weight excluding hydrogens is 553 g/mol. The molecule has 212 valence electrons. The van der Waals surface area contributed by atoms with Crippen molar-refractivity contribution in [3.8, 4) is 28.4 Å². The van der Waals surface area contributed by atoms with Gasteiger partial charge in [-0.1, -0.05) is 54.1 Å². The number of hydrogen-bond donors (Lipinski definition) is 1. The van der Waals surface area contributed by atoms with Crippen LogP contribution >= 0.6 is 11.6 Å². The summed E-state index contributed by atoms with van der Waals surface area (Å²) in [6.45, 7) is 4.49. The highest BCUT2D eigenvalue weighted by atomic mass is 35.5. The first-order valence-corrected chi connectivity index (χ1v) is 13.8. The minimum absolute atomic E-state index is 0.194. The first kappa shape index (κ1) is 28.6. The predicted molar refractivity (Wildman–Crippen MR) is 164 cm³/mol. The first-order chi connectivity index (χ1) is 20.4. The van der Waals surface area contributed by atoms with Crippen LogP contribution in [0.25, 0.3) is 16.9 Å². The Balaban J connectivity index is 1.26. The monoisotopic (exact) mass is 581 g/mol. The van der Waals surface area contributed by atoms with E-state index in [2.05, 4.69) is 46.3 Å². The summed E-state index contributed by atoms with van der Waals surface area (Å²) in [6, 6.07) is 31.1. The highest BCUT2D eigenvalue weighted by Crippen LogP contribution is 2.37. The summed E-state index contributed by atoms with van der Waals surface area (Å²) in [5, 5.41) is 4.43. The molecule has 0 bridgehead atoms. The standard InChI is InChI=1S/C34H29ClFN3O3/c1-3-41-32-20-25(19-30(35)33(32)42-22-24-10-14-28(36)15-11-24)21-37-38-34(40)27-12-16-29(17-13-27)39-23(2)9-18-31(39)26-7-5-4-6-8-26/h4-21H,3,22H2,1-2H3,(H,38,40)/b37-21+. The number of benzene rings is 4. The van der Waals surface area contributed by atoms with Crippen molar-refractivity contribution in [2.75, 3.05) is 6.61 Å². The number of aromatic nitrogens is 1. The molecule has 0 unspecified atom stereocenters. The number of carbonyl (C=O) groups is 1. The molecule has 0 saturated carbocycles. The van der Waals surface area contributed by atoms with Crippen molar-refractivity contribution >= 4 is 23.7 Å². The summed E-state index contributed by atoms with van der Waals surface area (Å²) in [5.41, 5.74) is 8.67. The summed E-state index contributed by atoms with van der Waals surface area (Å²) < 4.78 is 27.0. The van der Waals surface area contributed by atoms with E-state index in [9.17, 15) is 9.18 Å². The van der Waals surface area contributed by atoms with Gasteiger partial charge in [0.1, 0.15) is 12.4 Å². The third-order valence-corrected chi connectivity index (χ3v) is 6.82. The van der Waals surface area contributed by atoms with Crippen LogP contribution in [0, 0.1) is 12.7 Å². The second-order valence-electron chi connectivity index (χ2n) is 9.49. The Morgan fingerprint density at radius 1 is 0.952 bits per heavy atom. The molecule has 0 aliphatic heterocycles. The van der Waals surface area contributed by atoms with Crippen molar-refractivity contribution in [2.24, 2.45) is 5.10 Å². The van der Waals surface area contributed by atoms with Crippen LogP contribution in [0.4, 0.5) is 4.39 Å². The molecule has 5 aromatic rings. The third kappa shape index (κ3) is 6.70. The molecule has 0 aliphatic carbocycles. The highest BCUT2D eigenvalue weighted by Gasteiger charge is 2.14. The highest BCUT2D eigenvalue weighted by molar-refractivity contribution is 6.32. The van der Waals surface area contributed by atoms with Gasteiger partial charge in [0.2, 0.25) is 0 Å². The van der Waals surface area contributed by atoms with E-state index < -0.39 is 0 Å². The van der Waals surface area contributed by atoms with E-state index >= 15 is 0 Å². The van der Waals surface area contributed by atoms with Gasteiger partial charge in [-0.15, -0.1) is 0 Å². The van der Waals surface area contributed by atoms with Crippen LogP contribution in [0.1, 0.15) is 34.1 Å². The van der Waals surface area contributed by atoms with Crippen molar-refractivity contribution in [3.05, 3.63) is 136 Å². The van der Waals surface area contributed by atoms with Crippen LogP contribution in [0.5, 0.6) is 11.5 Å². The van der Waals surface area contributed by atoms with Crippen LogP contribution in [0.3, 0.4) is 0 Å². The predicted octanol–water partition coefficient (Wildman–Crippen LogP) is 7.99. The maximum atomic E-state index is 13.2. The molecule has 0 spiro atoms. The Bertz CT molecular complexity index is 1700. The molecule has 6 nitrogen and oxygen atoms in total. The number of aryl methyl sites for hydroxylation is 1. The van der Waals surface area contributed by atoms with E-state index in [4.69, 9.17) is 21.1 Å². The molecule has 8 heteroatoms. The minimum atomic E-state index is -0.347. The summed E-state index contributed by atoms with van der Waals surface area (Å²) in [6.07, 6.45) is 1.49. The molecule has 1 aromatic heterocycles. The van der Waals surface area contributed by atoms with Crippen LogP contribution in [0.15, 0.2) is 108 Å². The topological polar surface area (TPSA) is 64.8 Å². The van der Waals surface area contributed by atoms with Crippen LogP contribution in [-0.4, -0.2) is 23.3 Å². The van der Waals surface area contributed by atoms with E-state index in [0.717, 1.165) is 28.2 Å². The van der Waals surface area contributed by atoms with Gasteiger partial charge in [0.15, 0.2) is 11.5 Å². The van der Waals surface area contributed by atoms with Gasteiger partial charge in [-0.05, 0) is 91.2 Å². The molecule has 1 amide bonds. The smallest absolute Gasteiger partial charge is 0.271 e. The molecule has 0 radical (unpaired) electrons. The second kappa shape index (κ2) is 13.2. The quantitative estimate of drug-likeness (QED) is 0.134. The SMILES string of the molecule is CCOc1cc(/C=N/NC(=O)c2ccc(-n3c(C)ccc3-c3ccccc3)cc2)cc(Cl)c1OCc1ccc(F)cc1. The maximum Gasteiger partial charge on any atom is 0.271 e. The normalized spacial score (nSPS) is 11.0. The number of nitrogens with zero attached hydrogens (tertiary/aromatic N) is 2. The Hall–Kier alpha value is -4.88. The molecule has 42 heavy (non-hydrogen) atoms. The maximum absolute atomic E-state index is 13.2. The number of hydrogen-bond acceptors (Lipinski definition) is 4. The number of nitrogens with one attached hydrogen (secondary N) is 1. The van der Waals surface area contributed by atoms with Crippen LogP contribution < -0.4 is 14.9 Å². The van der Waals surface area contributed by atoms with Gasteiger partial charge in [0.25, 0.3) is 5.91 Å². The van der Waals surface area contributed by atoms with Gasteiger partial charge in [-0.2, -0.15) is 5.10 Å². The second-order valence-corrected chi connectivity index (χ2v) is 9.89. The molecule has 0 fully saturated rings. The van der Waals surface area contributed by atoms with Crippen molar-refractivity contribution in [2.45, 2.75) is 20.5 Å². The molecular formula is C34H29ClFN3O3. The van der Waals surface area contributed by atoms with Crippen LogP contribution in [-0.2, 0) is 6.61 Å². The lowest BCUT2D eigenvalue weighted by atomic mass is 10.1. The fraction of sp³-hybridized carbons (Fsp3) is 0.118. The molecule has 0 saturated heterocycles. The lowest BCUT2D eigenvalue weighted by Gasteiger charge is -2.14. The number of ether oxygens (including phenoxy) is 2. The summed E-state index contributed by atoms with van der Waals surface area (Å²) in [5.74, 6) is 0.146. The lowest BCUT2D eigenvalue weighted by molar-refractivity contribution is 0.0955. The van der Waals surface area contributed by atoms with Crippen molar-refractivity contribution in [3.63, 3.8) is 0 Å². The van der Waals surface area contributed by atoms with Crippen molar-refractivity contribution in [1.82, 2.24) is 9.99 Å². The zero-order valence-corrected chi connectivity index (χ0v) is 23.9. The van der Waals surface area contributed by atoms with Gasteiger partial charge in [-0.25, -0.2) is 9.82 Å². The van der Waals surface area contributed by atoms with Crippen molar-refractivity contribution < 1.29 is 18.7 Å². The summed E-state index contributed by atoms with van der Waals surface area (Å²) in [4.78, 5) is 12.8. The minimum Gasteiger partial charge on any atom is -0.490 e. The van der Waals surface area contributed by atoms with E-state index in [1.807, 2.05) is 37.3 Å². The van der Waals surface area contributed by atoms with E-state index in [1.54, 1.807) is 36.4 Å². The number of rotatable bonds is 10. The summed E-state index contributed by atoms with van der Waals surface area (Å²) in [7, 11) is 0. The number of carbonyl (C=O) groups excluding carboxylic acids is 1. The van der Waals surface area contributed by atoms with Gasteiger partial charge in [0.05, 0.1) is 23.5 Å². The molecule has 1 N–H and O–H groups in total. The molecule has 4 aromatic carbocycles. The average Bonchev–Trinajstić information content (AvgIpc) is 3.39. The van der Waals surface area contributed by atoms with E-state index in [-0.39, 0.29) is 18.3 Å². The zero-order chi connectivity index (χ0) is 29.5. The Labute approximate surface area is 249 Å². The molecule has 0 aliphatic rings. The number of hydrazone groups is 1. The number of halogens is 2.